The Balaban J connectivity index is 1.92. The number of fused-ring (bicyclic) bond motifs is 1. The minimum absolute atomic E-state index is 0.124. The van der Waals surface area contributed by atoms with Gasteiger partial charge in [0.15, 0.2) is 5.82 Å². The Bertz CT molecular complexity index is 688. The average Bonchev–Trinajstić information content (AvgIpc) is 2.86. The van der Waals surface area contributed by atoms with Crippen molar-refractivity contribution in [2.45, 2.75) is 19.4 Å². The van der Waals surface area contributed by atoms with E-state index in [-0.39, 0.29) is 6.04 Å². The van der Waals surface area contributed by atoms with E-state index in [4.69, 9.17) is 5.73 Å². The lowest BCUT2D eigenvalue weighted by Crippen LogP contribution is -2.18. The van der Waals surface area contributed by atoms with E-state index in [1.165, 1.54) is 0 Å². The molecule has 0 bridgehead atoms. The Morgan fingerprint density at radius 2 is 2.00 bits per heavy atom. The largest absolute Gasteiger partial charge is 0.328 e. The summed E-state index contributed by atoms with van der Waals surface area (Å²) in [6, 6.07) is 4.21. The Morgan fingerprint density at radius 1 is 1.21 bits per heavy atom. The normalized spacial score (nSPS) is 12.7. The van der Waals surface area contributed by atoms with E-state index in [0.717, 1.165) is 27.8 Å². The third kappa shape index (κ3) is 2.62. The first-order chi connectivity index (χ1) is 9.22. The second-order valence-electron chi connectivity index (χ2n) is 4.62. The number of aromatic nitrogens is 3. The van der Waals surface area contributed by atoms with Gasteiger partial charge in [-0.3, -0.25) is 4.98 Å². The lowest BCUT2D eigenvalue weighted by molar-refractivity contribution is 0.732. The zero-order valence-electron chi connectivity index (χ0n) is 10.6. The van der Waals surface area contributed by atoms with Crippen molar-refractivity contribution in [3.05, 3.63) is 41.7 Å². The molecule has 3 rings (SSSR count). The van der Waals surface area contributed by atoms with Gasteiger partial charge in [-0.2, -0.15) is 0 Å². The number of pyridine rings is 1. The van der Waals surface area contributed by atoms with Crippen LogP contribution in [0.1, 0.15) is 12.5 Å². The molecule has 4 nitrogen and oxygen atoms in total. The van der Waals surface area contributed by atoms with Crippen molar-refractivity contribution < 1.29 is 0 Å². The van der Waals surface area contributed by atoms with Gasteiger partial charge in [0, 0.05) is 30.2 Å². The zero-order chi connectivity index (χ0) is 13.2. The van der Waals surface area contributed by atoms with E-state index < -0.39 is 0 Å². The summed E-state index contributed by atoms with van der Waals surface area (Å²) in [5.41, 5.74) is 8.78. The first kappa shape index (κ1) is 12.2. The minimum atomic E-state index is 0.124. The van der Waals surface area contributed by atoms with Crippen molar-refractivity contribution in [2.24, 2.45) is 5.73 Å². The van der Waals surface area contributed by atoms with Gasteiger partial charge < -0.3 is 5.73 Å². The Kier molecular flexibility index (Phi) is 3.23. The molecule has 0 aliphatic carbocycles. The van der Waals surface area contributed by atoms with Crippen LogP contribution in [0.3, 0.4) is 0 Å². The molecule has 0 fully saturated rings. The summed E-state index contributed by atoms with van der Waals surface area (Å²) in [7, 11) is 0. The molecular formula is C14H14N4S. The molecule has 0 spiro atoms. The number of thiophene rings is 1. The van der Waals surface area contributed by atoms with Crippen LogP contribution in [0.4, 0.5) is 0 Å². The summed E-state index contributed by atoms with van der Waals surface area (Å²) in [4.78, 5) is 13.2. The van der Waals surface area contributed by atoms with E-state index in [9.17, 15) is 0 Å². The fourth-order valence-electron chi connectivity index (χ4n) is 1.95. The fourth-order valence-corrected chi connectivity index (χ4v) is 2.73. The van der Waals surface area contributed by atoms with Gasteiger partial charge in [-0.1, -0.05) is 0 Å². The molecule has 0 aliphatic rings. The van der Waals surface area contributed by atoms with Crippen LogP contribution in [0.15, 0.2) is 36.1 Å². The molecule has 1 unspecified atom stereocenters. The summed E-state index contributed by atoms with van der Waals surface area (Å²) in [5.74, 6) is 0.705. The maximum absolute atomic E-state index is 5.76. The highest BCUT2D eigenvalue weighted by Crippen LogP contribution is 2.23. The van der Waals surface area contributed by atoms with Gasteiger partial charge in [-0.25, -0.2) is 9.97 Å². The minimum Gasteiger partial charge on any atom is -0.328 e. The van der Waals surface area contributed by atoms with Gasteiger partial charge in [0.1, 0.15) is 0 Å². The van der Waals surface area contributed by atoms with Crippen molar-refractivity contribution in [3.8, 4) is 11.4 Å². The zero-order valence-corrected chi connectivity index (χ0v) is 11.4. The number of rotatable bonds is 3. The van der Waals surface area contributed by atoms with E-state index in [2.05, 4.69) is 21.0 Å². The van der Waals surface area contributed by atoms with Crippen molar-refractivity contribution in [2.75, 3.05) is 0 Å². The molecule has 0 aromatic carbocycles. The molecule has 0 saturated carbocycles. The van der Waals surface area contributed by atoms with Crippen LogP contribution in [-0.2, 0) is 6.42 Å². The van der Waals surface area contributed by atoms with Crippen LogP contribution in [0, 0.1) is 0 Å². The van der Waals surface area contributed by atoms with E-state index in [0.29, 0.717) is 5.82 Å². The van der Waals surface area contributed by atoms with Crippen LogP contribution in [0.25, 0.3) is 21.6 Å². The topological polar surface area (TPSA) is 64.7 Å². The molecule has 0 radical (unpaired) electrons. The van der Waals surface area contributed by atoms with Crippen molar-refractivity contribution in [1.29, 1.82) is 0 Å². The quantitative estimate of drug-likeness (QED) is 0.794. The predicted molar refractivity (Wildman–Crippen MR) is 78.0 cm³/mol. The monoisotopic (exact) mass is 270 g/mol. The van der Waals surface area contributed by atoms with Gasteiger partial charge in [-0.15, -0.1) is 11.3 Å². The van der Waals surface area contributed by atoms with Crippen LogP contribution < -0.4 is 5.73 Å². The number of hydrogen-bond donors (Lipinski definition) is 1. The summed E-state index contributed by atoms with van der Waals surface area (Å²) in [5, 5.41) is 2.04. The summed E-state index contributed by atoms with van der Waals surface area (Å²) < 4.78 is 1.15. The average molecular weight is 270 g/mol. The molecule has 2 N–H and O–H groups in total. The summed E-state index contributed by atoms with van der Waals surface area (Å²) in [6.07, 6.45) is 6.28. The molecule has 3 heterocycles. The maximum Gasteiger partial charge on any atom is 0.160 e. The van der Waals surface area contributed by atoms with Crippen molar-refractivity contribution in [1.82, 2.24) is 15.0 Å². The third-order valence-corrected chi connectivity index (χ3v) is 3.68. The highest BCUT2D eigenvalue weighted by molar-refractivity contribution is 7.17. The van der Waals surface area contributed by atoms with Gasteiger partial charge >= 0.3 is 0 Å². The lowest BCUT2D eigenvalue weighted by Gasteiger charge is -2.05. The van der Waals surface area contributed by atoms with Crippen LogP contribution in [0.5, 0.6) is 0 Å². The van der Waals surface area contributed by atoms with Gasteiger partial charge in [0.05, 0.1) is 10.2 Å². The van der Waals surface area contributed by atoms with Gasteiger partial charge in [0.2, 0.25) is 0 Å². The molecule has 3 aromatic rings. The molecule has 0 saturated heterocycles. The van der Waals surface area contributed by atoms with Crippen LogP contribution in [-0.4, -0.2) is 21.0 Å². The SMILES string of the molecule is CC(N)Cc1cnc(-c2cnc3ccsc3c2)nc1. The lowest BCUT2D eigenvalue weighted by atomic mass is 10.1. The van der Waals surface area contributed by atoms with Crippen molar-refractivity contribution in [3.63, 3.8) is 0 Å². The predicted octanol–water partition coefficient (Wildman–Crippen LogP) is 2.64. The Morgan fingerprint density at radius 3 is 2.74 bits per heavy atom. The van der Waals surface area contributed by atoms with E-state index >= 15 is 0 Å². The molecule has 19 heavy (non-hydrogen) atoms. The first-order valence-corrected chi connectivity index (χ1v) is 7.00. The first-order valence-electron chi connectivity index (χ1n) is 6.12. The second kappa shape index (κ2) is 5.03. The molecule has 5 heteroatoms. The molecule has 0 amide bonds. The third-order valence-electron chi connectivity index (χ3n) is 2.82. The van der Waals surface area contributed by atoms with Crippen LogP contribution in [0.2, 0.25) is 0 Å². The molecule has 96 valence electrons. The molecule has 0 aliphatic heterocycles. The number of nitrogens with zero attached hydrogens (tertiary/aromatic N) is 3. The molecule has 3 aromatic heterocycles. The highest BCUT2D eigenvalue weighted by Gasteiger charge is 2.05. The molecular weight excluding hydrogens is 256 g/mol. The molecule has 1 atom stereocenters. The van der Waals surface area contributed by atoms with E-state index in [1.807, 2.05) is 37.0 Å². The smallest absolute Gasteiger partial charge is 0.160 e. The fraction of sp³-hybridized carbons (Fsp3) is 0.214. The number of nitrogens with two attached hydrogens (primary N) is 1. The van der Waals surface area contributed by atoms with Crippen molar-refractivity contribution >= 4 is 21.6 Å². The van der Waals surface area contributed by atoms with Gasteiger partial charge in [0.25, 0.3) is 0 Å². The standard InChI is InChI=1S/C14H14N4S/c1-9(15)4-10-6-17-14(18-7-10)11-5-13-12(16-8-11)2-3-19-13/h2-3,5-9H,4,15H2,1H3. The Labute approximate surface area is 115 Å². The highest BCUT2D eigenvalue weighted by atomic mass is 32.1. The second-order valence-corrected chi connectivity index (χ2v) is 5.57. The van der Waals surface area contributed by atoms with E-state index in [1.54, 1.807) is 11.3 Å². The number of hydrogen-bond acceptors (Lipinski definition) is 5. The summed E-state index contributed by atoms with van der Waals surface area (Å²) >= 11 is 1.67. The summed E-state index contributed by atoms with van der Waals surface area (Å²) in [6.45, 7) is 1.97. The van der Waals surface area contributed by atoms with Gasteiger partial charge in [-0.05, 0) is 36.4 Å². The Hall–Kier alpha value is -1.85. The van der Waals surface area contributed by atoms with Crippen LogP contribution >= 0.6 is 11.3 Å². The maximum atomic E-state index is 5.76.